The lowest BCUT2D eigenvalue weighted by Crippen LogP contribution is -2.44. The quantitative estimate of drug-likeness (QED) is 0.589. The predicted octanol–water partition coefficient (Wildman–Crippen LogP) is 0.0788. The van der Waals surface area contributed by atoms with Crippen LogP contribution in [0.25, 0.3) is 0 Å². The molecule has 2 N–H and O–H groups in total. The molecule has 1 aromatic heterocycles. The Balaban J connectivity index is 1.65. The number of hydrogen-bond donors (Lipinski definition) is 2. The predicted molar refractivity (Wildman–Crippen MR) is 79.7 cm³/mol. The number of aromatic nitrogens is 1. The second kappa shape index (κ2) is 8.50. The van der Waals surface area contributed by atoms with Gasteiger partial charge in [-0.05, 0) is 12.1 Å². The molecule has 0 unspecified atom stereocenters. The molecular weight excluding hydrogens is 254 g/mol. The van der Waals surface area contributed by atoms with E-state index in [4.69, 9.17) is 4.74 Å². The fraction of sp³-hybridized carbons (Fsp3) is 0.571. The summed E-state index contributed by atoms with van der Waals surface area (Å²) in [5, 5.41) is 6.57. The molecule has 1 saturated heterocycles. The molecule has 1 aliphatic heterocycles. The van der Waals surface area contributed by atoms with Crippen LogP contribution >= 0.6 is 0 Å². The third kappa shape index (κ3) is 5.14. The minimum absolute atomic E-state index is 0.679. The van der Waals surface area contributed by atoms with Crippen LogP contribution in [0.15, 0.2) is 29.4 Å². The van der Waals surface area contributed by atoms with Gasteiger partial charge in [0.1, 0.15) is 0 Å². The molecule has 110 valence electrons. The molecule has 0 aromatic carbocycles. The van der Waals surface area contributed by atoms with E-state index in [1.165, 1.54) is 0 Å². The molecule has 0 radical (unpaired) electrons. The van der Waals surface area contributed by atoms with Gasteiger partial charge in [0.05, 0.1) is 25.5 Å². The Morgan fingerprint density at radius 1 is 1.35 bits per heavy atom. The SMILES string of the molecule is CN=C(NCCN1CCOCC1)NCc1ccccn1. The van der Waals surface area contributed by atoms with Crippen molar-refractivity contribution in [2.45, 2.75) is 6.54 Å². The van der Waals surface area contributed by atoms with E-state index in [1.54, 1.807) is 13.2 Å². The highest BCUT2D eigenvalue weighted by atomic mass is 16.5. The summed E-state index contributed by atoms with van der Waals surface area (Å²) in [6, 6.07) is 5.89. The second-order valence-electron chi connectivity index (χ2n) is 4.63. The highest BCUT2D eigenvalue weighted by Gasteiger charge is 2.09. The minimum Gasteiger partial charge on any atom is -0.379 e. The topological polar surface area (TPSA) is 61.8 Å². The molecule has 1 fully saturated rings. The van der Waals surface area contributed by atoms with Gasteiger partial charge in [-0.15, -0.1) is 0 Å². The Hall–Kier alpha value is -1.66. The molecule has 2 heterocycles. The summed E-state index contributed by atoms with van der Waals surface area (Å²) >= 11 is 0. The maximum Gasteiger partial charge on any atom is 0.191 e. The number of pyridine rings is 1. The summed E-state index contributed by atoms with van der Waals surface area (Å²) in [5.74, 6) is 0.809. The van der Waals surface area contributed by atoms with Crippen molar-refractivity contribution >= 4 is 5.96 Å². The largest absolute Gasteiger partial charge is 0.379 e. The Labute approximate surface area is 120 Å². The summed E-state index contributed by atoms with van der Waals surface area (Å²) < 4.78 is 5.33. The van der Waals surface area contributed by atoms with Crippen LogP contribution in [0, 0.1) is 0 Å². The third-order valence-electron chi connectivity index (χ3n) is 3.21. The van der Waals surface area contributed by atoms with Crippen molar-refractivity contribution in [2.75, 3.05) is 46.4 Å². The standard InChI is InChI=1S/C14H23N5O/c1-15-14(18-12-13-4-2-3-5-16-13)17-6-7-19-8-10-20-11-9-19/h2-5H,6-12H2,1H3,(H2,15,17,18). The van der Waals surface area contributed by atoms with E-state index >= 15 is 0 Å². The molecule has 0 saturated carbocycles. The molecule has 1 aliphatic rings. The van der Waals surface area contributed by atoms with Gasteiger partial charge in [0.15, 0.2) is 5.96 Å². The lowest BCUT2D eigenvalue weighted by atomic mass is 10.3. The zero-order valence-corrected chi connectivity index (χ0v) is 12.0. The summed E-state index contributed by atoms with van der Waals surface area (Å²) in [5.41, 5.74) is 1.00. The molecule has 6 heteroatoms. The highest BCUT2D eigenvalue weighted by molar-refractivity contribution is 5.79. The van der Waals surface area contributed by atoms with E-state index in [0.29, 0.717) is 6.54 Å². The van der Waals surface area contributed by atoms with Crippen LogP contribution in [-0.2, 0) is 11.3 Å². The third-order valence-corrected chi connectivity index (χ3v) is 3.21. The van der Waals surface area contributed by atoms with Crippen LogP contribution < -0.4 is 10.6 Å². The van der Waals surface area contributed by atoms with Gasteiger partial charge < -0.3 is 15.4 Å². The Morgan fingerprint density at radius 2 is 2.20 bits per heavy atom. The van der Waals surface area contributed by atoms with Gasteiger partial charge in [-0.3, -0.25) is 14.9 Å². The molecular formula is C14H23N5O. The summed E-state index contributed by atoms with van der Waals surface area (Å²) in [4.78, 5) is 10.9. The first-order valence-electron chi connectivity index (χ1n) is 7.03. The minimum atomic E-state index is 0.679. The van der Waals surface area contributed by atoms with E-state index < -0.39 is 0 Å². The van der Waals surface area contributed by atoms with Crippen LogP contribution in [0.3, 0.4) is 0 Å². The fourth-order valence-corrected chi connectivity index (χ4v) is 2.05. The molecule has 0 bridgehead atoms. The van der Waals surface area contributed by atoms with E-state index in [1.807, 2.05) is 18.2 Å². The maximum absolute atomic E-state index is 5.33. The van der Waals surface area contributed by atoms with Crippen LogP contribution in [0.2, 0.25) is 0 Å². The van der Waals surface area contributed by atoms with Crippen molar-refractivity contribution in [3.8, 4) is 0 Å². The van der Waals surface area contributed by atoms with Crippen molar-refractivity contribution in [1.82, 2.24) is 20.5 Å². The average molecular weight is 277 g/mol. The van der Waals surface area contributed by atoms with E-state index in [0.717, 1.165) is 51.0 Å². The molecule has 2 rings (SSSR count). The van der Waals surface area contributed by atoms with Crippen molar-refractivity contribution < 1.29 is 4.74 Å². The Morgan fingerprint density at radius 3 is 2.90 bits per heavy atom. The first kappa shape index (κ1) is 14.7. The Kier molecular flexibility index (Phi) is 6.26. The molecule has 0 aliphatic carbocycles. The average Bonchev–Trinajstić information content (AvgIpc) is 2.52. The van der Waals surface area contributed by atoms with Crippen LogP contribution in [0.4, 0.5) is 0 Å². The molecule has 1 aromatic rings. The van der Waals surface area contributed by atoms with Crippen molar-refractivity contribution in [3.05, 3.63) is 30.1 Å². The highest BCUT2D eigenvalue weighted by Crippen LogP contribution is 1.95. The van der Waals surface area contributed by atoms with Crippen molar-refractivity contribution in [2.24, 2.45) is 4.99 Å². The van der Waals surface area contributed by atoms with Gasteiger partial charge in [-0.25, -0.2) is 0 Å². The molecule has 0 amide bonds. The molecule has 0 atom stereocenters. The maximum atomic E-state index is 5.33. The summed E-state index contributed by atoms with van der Waals surface area (Å²) in [6.07, 6.45) is 1.80. The number of hydrogen-bond acceptors (Lipinski definition) is 4. The second-order valence-corrected chi connectivity index (χ2v) is 4.63. The summed E-state index contributed by atoms with van der Waals surface area (Å²) in [7, 11) is 1.78. The number of rotatable bonds is 5. The van der Waals surface area contributed by atoms with Gasteiger partial charge in [0.25, 0.3) is 0 Å². The number of nitrogens with zero attached hydrogens (tertiary/aromatic N) is 3. The van der Waals surface area contributed by atoms with Gasteiger partial charge in [-0.2, -0.15) is 0 Å². The van der Waals surface area contributed by atoms with Crippen molar-refractivity contribution in [3.63, 3.8) is 0 Å². The van der Waals surface area contributed by atoms with Crippen molar-refractivity contribution in [1.29, 1.82) is 0 Å². The lowest BCUT2D eigenvalue weighted by molar-refractivity contribution is 0.0389. The zero-order valence-electron chi connectivity index (χ0n) is 12.0. The number of ether oxygens (including phenoxy) is 1. The summed E-state index contributed by atoms with van der Waals surface area (Å²) in [6.45, 7) is 6.27. The number of aliphatic imine (C=N–C) groups is 1. The van der Waals surface area contributed by atoms with Gasteiger partial charge in [-0.1, -0.05) is 6.07 Å². The first-order chi connectivity index (χ1) is 9.88. The van der Waals surface area contributed by atoms with Gasteiger partial charge in [0.2, 0.25) is 0 Å². The fourth-order valence-electron chi connectivity index (χ4n) is 2.05. The monoisotopic (exact) mass is 277 g/mol. The number of nitrogens with one attached hydrogen (secondary N) is 2. The van der Waals surface area contributed by atoms with Crippen LogP contribution in [0.5, 0.6) is 0 Å². The van der Waals surface area contributed by atoms with Gasteiger partial charge >= 0.3 is 0 Å². The Bertz CT molecular complexity index is 403. The number of morpholine rings is 1. The van der Waals surface area contributed by atoms with E-state index in [-0.39, 0.29) is 0 Å². The molecule has 0 spiro atoms. The first-order valence-corrected chi connectivity index (χ1v) is 7.03. The van der Waals surface area contributed by atoms with E-state index in [9.17, 15) is 0 Å². The molecule has 6 nitrogen and oxygen atoms in total. The number of guanidine groups is 1. The normalized spacial score (nSPS) is 16.9. The smallest absolute Gasteiger partial charge is 0.191 e. The zero-order chi connectivity index (χ0) is 14.0. The van der Waals surface area contributed by atoms with Gasteiger partial charge in [0, 0.05) is 39.4 Å². The molecule has 20 heavy (non-hydrogen) atoms. The van der Waals surface area contributed by atoms with Crippen LogP contribution in [-0.4, -0.2) is 62.3 Å². The van der Waals surface area contributed by atoms with E-state index in [2.05, 4.69) is 25.5 Å². The lowest BCUT2D eigenvalue weighted by Gasteiger charge is -2.26. The van der Waals surface area contributed by atoms with Crippen LogP contribution in [0.1, 0.15) is 5.69 Å².